The van der Waals surface area contributed by atoms with Gasteiger partial charge in [-0.3, -0.25) is 9.59 Å². The second-order valence-electron chi connectivity index (χ2n) is 5.90. The molecular formula is C20H19BrN2O3. The van der Waals surface area contributed by atoms with Crippen molar-refractivity contribution in [1.29, 1.82) is 0 Å². The Bertz CT molecular complexity index is 920. The Hall–Kier alpha value is -2.60. The van der Waals surface area contributed by atoms with Gasteiger partial charge in [-0.25, -0.2) is 0 Å². The van der Waals surface area contributed by atoms with E-state index in [9.17, 15) is 9.59 Å². The lowest BCUT2D eigenvalue weighted by Crippen LogP contribution is -2.21. The molecule has 0 spiro atoms. The molecule has 2 aromatic carbocycles. The van der Waals surface area contributed by atoms with E-state index in [1.54, 1.807) is 6.07 Å². The molecule has 0 unspecified atom stereocenters. The van der Waals surface area contributed by atoms with Crippen molar-refractivity contribution < 1.29 is 14.3 Å². The van der Waals surface area contributed by atoms with Gasteiger partial charge in [0.25, 0.3) is 5.91 Å². The zero-order valence-electron chi connectivity index (χ0n) is 14.1. The number of H-pyrrole nitrogens is 1. The van der Waals surface area contributed by atoms with Crippen molar-refractivity contribution in [2.45, 2.75) is 19.3 Å². The molecule has 1 heterocycles. The van der Waals surface area contributed by atoms with E-state index in [1.165, 1.54) is 10.9 Å². The first-order valence-electron chi connectivity index (χ1n) is 8.38. The highest BCUT2D eigenvalue weighted by atomic mass is 79.9. The quantitative estimate of drug-likeness (QED) is 0.561. The monoisotopic (exact) mass is 414 g/mol. The molecule has 3 aromatic rings. The van der Waals surface area contributed by atoms with Crippen LogP contribution in [-0.4, -0.2) is 23.5 Å². The highest BCUT2D eigenvalue weighted by Crippen LogP contribution is 2.21. The van der Waals surface area contributed by atoms with Crippen molar-refractivity contribution in [2.24, 2.45) is 0 Å². The predicted octanol–water partition coefficient (Wildman–Crippen LogP) is 4.44. The van der Waals surface area contributed by atoms with Crippen molar-refractivity contribution in [3.63, 3.8) is 0 Å². The first-order valence-corrected chi connectivity index (χ1v) is 9.18. The predicted molar refractivity (Wildman–Crippen MR) is 105 cm³/mol. The number of carbonyl (C=O) groups excluding carboxylic acids is 2. The average Bonchev–Trinajstić information content (AvgIpc) is 3.05. The minimum absolute atomic E-state index is 0.280. The van der Waals surface area contributed by atoms with Crippen LogP contribution in [-0.2, 0) is 20.7 Å². The number of hydrogen-bond acceptors (Lipinski definition) is 3. The molecule has 3 rings (SSSR count). The minimum Gasteiger partial charge on any atom is -0.456 e. The van der Waals surface area contributed by atoms with Crippen molar-refractivity contribution in [2.75, 3.05) is 11.9 Å². The van der Waals surface area contributed by atoms with Crippen LogP contribution < -0.4 is 5.32 Å². The van der Waals surface area contributed by atoms with Crippen molar-refractivity contribution in [3.05, 3.63) is 64.8 Å². The first-order chi connectivity index (χ1) is 12.6. The molecular weight excluding hydrogens is 396 g/mol. The minimum atomic E-state index is -0.368. The van der Waals surface area contributed by atoms with E-state index in [1.807, 2.05) is 42.6 Å². The summed E-state index contributed by atoms with van der Waals surface area (Å²) >= 11 is 3.35. The van der Waals surface area contributed by atoms with Crippen LogP contribution in [0.15, 0.2) is 59.2 Å². The summed E-state index contributed by atoms with van der Waals surface area (Å²) in [5, 5.41) is 3.87. The number of benzene rings is 2. The molecule has 0 aliphatic carbocycles. The van der Waals surface area contributed by atoms with Crippen LogP contribution in [0.25, 0.3) is 10.9 Å². The summed E-state index contributed by atoms with van der Waals surface area (Å²) in [5.74, 6) is -0.728. The summed E-state index contributed by atoms with van der Waals surface area (Å²) < 4.78 is 5.83. The van der Waals surface area contributed by atoms with Gasteiger partial charge < -0.3 is 15.0 Å². The molecule has 0 atom stereocenters. The number of anilines is 1. The Labute approximate surface area is 159 Å². The molecule has 134 valence electrons. The first kappa shape index (κ1) is 18.2. The van der Waals surface area contributed by atoms with E-state index >= 15 is 0 Å². The maximum absolute atomic E-state index is 11.9. The van der Waals surface area contributed by atoms with Gasteiger partial charge in [0.15, 0.2) is 6.61 Å². The van der Waals surface area contributed by atoms with Crippen LogP contribution in [0.4, 0.5) is 5.69 Å². The van der Waals surface area contributed by atoms with E-state index in [0.717, 1.165) is 16.4 Å². The number of nitrogens with one attached hydrogen (secondary N) is 2. The number of hydrogen-bond donors (Lipinski definition) is 2. The third-order valence-corrected chi connectivity index (χ3v) is 4.71. The second-order valence-corrected chi connectivity index (χ2v) is 6.76. The lowest BCUT2D eigenvalue weighted by Gasteiger charge is -2.08. The maximum atomic E-state index is 11.9. The van der Waals surface area contributed by atoms with Crippen LogP contribution in [0, 0.1) is 0 Å². The Kier molecular flexibility index (Phi) is 6.07. The third-order valence-electron chi connectivity index (χ3n) is 4.01. The topological polar surface area (TPSA) is 71.2 Å². The van der Waals surface area contributed by atoms with Crippen LogP contribution in [0.2, 0.25) is 0 Å². The summed E-state index contributed by atoms with van der Waals surface area (Å²) in [6.07, 6.45) is 3.71. The fraction of sp³-hybridized carbons (Fsp3) is 0.200. The summed E-state index contributed by atoms with van der Waals surface area (Å²) in [7, 11) is 0. The van der Waals surface area contributed by atoms with Crippen LogP contribution in [0.1, 0.15) is 18.4 Å². The molecule has 0 aliphatic rings. The number of aryl methyl sites for hydroxylation is 1. The lowest BCUT2D eigenvalue weighted by molar-refractivity contribution is -0.147. The Morgan fingerprint density at radius 3 is 2.69 bits per heavy atom. The average molecular weight is 415 g/mol. The van der Waals surface area contributed by atoms with E-state index in [4.69, 9.17) is 4.74 Å². The number of amides is 1. The third kappa shape index (κ3) is 4.73. The van der Waals surface area contributed by atoms with Gasteiger partial charge >= 0.3 is 5.97 Å². The van der Waals surface area contributed by atoms with Gasteiger partial charge in [0.2, 0.25) is 0 Å². The Morgan fingerprint density at radius 2 is 1.85 bits per heavy atom. The van der Waals surface area contributed by atoms with Crippen molar-refractivity contribution in [1.82, 2.24) is 4.98 Å². The number of esters is 1. The van der Waals surface area contributed by atoms with E-state index in [-0.39, 0.29) is 24.9 Å². The van der Waals surface area contributed by atoms with E-state index in [0.29, 0.717) is 12.1 Å². The summed E-state index contributed by atoms with van der Waals surface area (Å²) in [6.45, 7) is -0.284. The van der Waals surface area contributed by atoms with E-state index in [2.05, 4.69) is 32.3 Å². The lowest BCUT2D eigenvalue weighted by atomic mass is 10.1. The zero-order valence-corrected chi connectivity index (χ0v) is 15.7. The molecule has 2 N–H and O–H groups in total. The van der Waals surface area contributed by atoms with Crippen molar-refractivity contribution >= 4 is 44.4 Å². The number of aromatic nitrogens is 1. The fourth-order valence-electron chi connectivity index (χ4n) is 2.73. The molecule has 5 nitrogen and oxygen atoms in total. The molecule has 0 aliphatic heterocycles. The van der Waals surface area contributed by atoms with Gasteiger partial charge in [0.1, 0.15) is 0 Å². The molecule has 0 saturated heterocycles. The fourth-order valence-corrected chi connectivity index (χ4v) is 3.11. The van der Waals surface area contributed by atoms with Crippen LogP contribution in [0.5, 0.6) is 0 Å². The standard InChI is InChI=1S/C20H19BrN2O3/c21-16-8-2-4-10-18(16)23-19(24)13-26-20(25)11-5-6-14-12-22-17-9-3-1-7-15(14)17/h1-4,7-10,12,22H,5-6,11,13H2,(H,23,24). The number of carbonyl (C=O) groups is 2. The van der Waals surface area contributed by atoms with Gasteiger partial charge in [-0.15, -0.1) is 0 Å². The second kappa shape index (κ2) is 8.67. The number of aromatic amines is 1. The number of halogens is 1. The summed E-state index contributed by atoms with van der Waals surface area (Å²) in [6, 6.07) is 15.3. The highest BCUT2D eigenvalue weighted by molar-refractivity contribution is 9.10. The molecule has 0 fully saturated rings. The summed E-state index contributed by atoms with van der Waals surface area (Å²) in [4.78, 5) is 26.9. The Balaban J connectivity index is 1.40. The van der Waals surface area contributed by atoms with Crippen LogP contribution >= 0.6 is 15.9 Å². The zero-order chi connectivity index (χ0) is 18.4. The van der Waals surface area contributed by atoms with Gasteiger partial charge in [0.05, 0.1) is 5.69 Å². The van der Waals surface area contributed by atoms with E-state index < -0.39 is 0 Å². The molecule has 1 aromatic heterocycles. The molecule has 0 radical (unpaired) electrons. The maximum Gasteiger partial charge on any atom is 0.306 e. The number of para-hydroxylation sites is 2. The molecule has 1 amide bonds. The molecule has 6 heteroatoms. The molecule has 26 heavy (non-hydrogen) atoms. The van der Waals surface area contributed by atoms with Gasteiger partial charge in [-0.2, -0.15) is 0 Å². The van der Waals surface area contributed by atoms with Gasteiger partial charge in [0, 0.05) is 28.0 Å². The molecule has 0 saturated carbocycles. The number of ether oxygens (including phenoxy) is 1. The van der Waals surface area contributed by atoms with Gasteiger partial charge in [-0.1, -0.05) is 30.3 Å². The highest BCUT2D eigenvalue weighted by Gasteiger charge is 2.10. The summed E-state index contributed by atoms with van der Waals surface area (Å²) in [5.41, 5.74) is 2.92. The smallest absolute Gasteiger partial charge is 0.306 e. The number of rotatable bonds is 7. The molecule has 0 bridgehead atoms. The van der Waals surface area contributed by atoms with Crippen molar-refractivity contribution in [3.8, 4) is 0 Å². The normalized spacial score (nSPS) is 10.7. The van der Waals surface area contributed by atoms with Crippen LogP contribution in [0.3, 0.4) is 0 Å². The van der Waals surface area contributed by atoms with Gasteiger partial charge in [-0.05, 0) is 52.5 Å². The largest absolute Gasteiger partial charge is 0.456 e. The SMILES string of the molecule is O=C(COC(=O)CCCc1c[nH]c2ccccc12)Nc1ccccc1Br. The number of fused-ring (bicyclic) bond motifs is 1. The Morgan fingerprint density at radius 1 is 1.08 bits per heavy atom.